The lowest BCUT2D eigenvalue weighted by Crippen LogP contribution is -2.24. The van der Waals surface area contributed by atoms with E-state index in [4.69, 9.17) is 4.74 Å². The van der Waals surface area contributed by atoms with Crippen LogP contribution in [0.3, 0.4) is 0 Å². The molecular formula is C19H18O7. The van der Waals surface area contributed by atoms with Gasteiger partial charge in [0.2, 0.25) is 5.75 Å². The Hall–Kier alpha value is -3.32. The SMILES string of the molecule is C=CC(=O)OCC(O)COc1ccc(C(=O)c2ccccc2)c(O)c1O. The Labute approximate surface area is 149 Å². The molecule has 0 bridgehead atoms. The molecule has 3 N–H and O–H groups in total. The molecule has 0 aliphatic rings. The number of hydrogen-bond donors (Lipinski definition) is 3. The number of rotatable bonds is 8. The largest absolute Gasteiger partial charge is 0.504 e. The molecule has 0 fully saturated rings. The number of aliphatic hydroxyl groups is 1. The Bertz CT molecular complexity index is 799. The lowest BCUT2D eigenvalue weighted by Gasteiger charge is -2.14. The summed E-state index contributed by atoms with van der Waals surface area (Å²) in [7, 11) is 0. The lowest BCUT2D eigenvalue weighted by molar-refractivity contribution is -0.141. The van der Waals surface area contributed by atoms with Gasteiger partial charge in [0.25, 0.3) is 0 Å². The van der Waals surface area contributed by atoms with Gasteiger partial charge in [0.05, 0.1) is 5.56 Å². The molecule has 136 valence electrons. The molecule has 0 aliphatic heterocycles. The first kappa shape index (κ1) is 19.0. The number of esters is 1. The summed E-state index contributed by atoms with van der Waals surface area (Å²) >= 11 is 0. The van der Waals surface area contributed by atoms with Crippen molar-refractivity contribution in [2.75, 3.05) is 13.2 Å². The van der Waals surface area contributed by atoms with Crippen molar-refractivity contribution in [1.82, 2.24) is 0 Å². The number of hydrogen-bond acceptors (Lipinski definition) is 7. The molecule has 0 saturated carbocycles. The normalized spacial score (nSPS) is 11.4. The minimum absolute atomic E-state index is 0.0819. The molecule has 2 aromatic carbocycles. The summed E-state index contributed by atoms with van der Waals surface area (Å²) in [6.45, 7) is 2.60. The monoisotopic (exact) mass is 358 g/mol. The van der Waals surface area contributed by atoms with Gasteiger partial charge in [-0.2, -0.15) is 0 Å². The summed E-state index contributed by atoms with van der Waals surface area (Å²) in [4.78, 5) is 23.3. The van der Waals surface area contributed by atoms with Crippen molar-refractivity contribution in [2.45, 2.75) is 6.10 Å². The van der Waals surface area contributed by atoms with E-state index in [1.807, 2.05) is 0 Å². The molecule has 0 heterocycles. The first-order valence-electron chi connectivity index (χ1n) is 7.68. The molecule has 1 unspecified atom stereocenters. The van der Waals surface area contributed by atoms with Gasteiger partial charge >= 0.3 is 5.97 Å². The third-order valence-corrected chi connectivity index (χ3v) is 3.41. The van der Waals surface area contributed by atoms with E-state index in [-0.39, 0.29) is 24.5 Å². The first-order chi connectivity index (χ1) is 12.4. The van der Waals surface area contributed by atoms with E-state index in [1.165, 1.54) is 12.1 Å². The van der Waals surface area contributed by atoms with Crippen molar-refractivity contribution < 1.29 is 34.4 Å². The molecule has 0 amide bonds. The highest BCUT2D eigenvalue weighted by molar-refractivity contribution is 6.11. The molecular weight excluding hydrogens is 340 g/mol. The van der Waals surface area contributed by atoms with Gasteiger partial charge in [0.15, 0.2) is 17.3 Å². The van der Waals surface area contributed by atoms with Crippen molar-refractivity contribution in [2.24, 2.45) is 0 Å². The fourth-order valence-corrected chi connectivity index (χ4v) is 2.08. The zero-order chi connectivity index (χ0) is 19.1. The van der Waals surface area contributed by atoms with Gasteiger partial charge < -0.3 is 24.8 Å². The number of phenols is 2. The third kappa shape index (κ3) is 4.61. The summed E-state index contributed by atoms with van der Waals surface area (Å²) in [5, 5.41) is 29.8. The van der Waals surface area contributed by atoms with Gasteiger partial charge in [0.1, 0.15) is 19.3 Å². The van der Waals surface area contributed by atoms with E-state index in [0.717, 1.165) is 6.08 Å². The summed E-state index contributed by atoms with van der Waals surface area (Å²) in [5.41, 5.74) is 0.275. The van der Waals surface area contributed by atoms with E-state index in [0.29, 0.717) is 5.56 Å². The highest BCUT2D eigenvalue weighted by Crippen LogP contribution is 2.38. The van der Waals surface area contributed by atoms with Gasteiger partial charge in [-0.3, -0.25) is 4.79 Å². The second-order valence-electron chi connectivity index (χ2n) is 5.30. The molecule has 0 saturated heterocycles. The van der Waals surface area contributed by atoms with Gasteiger partial charge in [0, 0.05) is 11.6 Å². The number of carbonyl (C=O) groups is 2. The van der Waals surface area contributed by atoms with Crippen LogP contribution in [0.25, 0.3) is 0 Å². The van der Waals surface area contributed by atoms with Gasteiger partial charge in [-0.25, -0.2) is 4.79 Å². The van der Waals surface area contributed by atoms with E-state index < -0.39 is 29.4 Å². The second-order valence-corrected chi connectivity index (χ2v) is 5.30. The zero-order valence-electron chi connectivity index (χ0n) is 13.8. The van der Waals surface area contributed by atoms with Crippen LogP contribution in [-0.2, 0) is 9.53 Å². The fourth-order valence-electron chi connectivity index (χ4n) is 2.08. The van der Waals surface area contributed by atoms with E-state index in [1.54, 1.807) is 30.3 Å². The Morgan fingerprint density at radius 2 is 1.73 bits per heavy atom. The molecule has 0 aromatic heterocycles. The topological polar surface area (TPSA) is 113 Å². The number of benzene rings is 2. The Morgan fingerprint density at radius 3 is 2.38 bits per heavy atom. The van der Waals surface area contributed by atoms with Crippen molar-refractivity contribution in [3.05, 3.63) is 66.2 Å². The molecule has 0 spiro atoms. The predicted octanol–water partition coefficient (Wildman–Crippen LogP) is 1.80. The second kappa shape index (κ2) is 8.68. The van der Waals surface area contributed by atoms with Crippen LogP contribution in [0, 0.1) is 0 Å². The van der Waals surface area contributed by atoms with Gasteiger partial charge in [-0.15, -0.1) is 0 Å². The van der Waals surface area contributed by atoms with Crippen molar-refractivity contribution in [3.8, 4) is 17.2 Å². The van der Waals surface area contributed by atoms with Crippen LogP contribution in [0.5, 0.6) is 17.2 Å². The molecule has 2 rings (SSSR count). The van der Waals surface area contributed by atoms with Crippen molar-refractivity contribution in [3.63, 3.8) is 0 Å². The maximum absolute atomic E-state index is 12.4. The average Bonchev–Trinajstić information content (AvgIpc) is 2.67. The quantitative estimate of drug-likeness (QED) is 0.285. The third-order valence-electron chi connectivity index (χ3n) is 3.41. The number of aliphatic hydroxyl groups excluding tert-OH is 1. The van der Waals surface area contributed by atoms with E-state index in [2.05, 4.69) is 11.3 Å². The number of aromatic hydroxyl groups is 2. The number of ketones is 1. The molecule has 1 atom stereocenters. The smallest absolute Gasteiger partial charge is 0.330 e. The maximum atomic E-state index is 12.4. The van der Waals surface area contributed by atoms with E-state index >= 15 is 0 Å². The average molecular weight is 358 g/mol. The van der Waals surface area contributed by atoms with Crippen LogP contribution in [0.2, 0.25) is 0 Å². The number of ether oxygens (including phenoxy) is 2. The molecule has 0 aliphatic carbocycles. The van der Waals surface area contributed by atoms with Crippen LogP contribution in [0.4, 0.5) is 0 Å². The maximum Gasteiger partial charge on any atom is 0.330 e. The van der Waals surface area contributed by atoms with Crippen molar-refractivity contribution in [1.29, 1.82) is 0 Å². The minimum Gasteiger partial charge on any atom is -0.504 e. The van der Waals surface area contributed by atoms with Crippen LogP contribution in [-0.4, -0.2) is 46.4 Å². The first-order valence-corrected chi connectivity index (χ1v) is 7.68. The minimum atomic E-state index is -1.15. The summed E-state index contributed by atoms with van der Waals surface area (Å²) in [6, 6.07) is 10.9. The fraction of sp³-hybridized carbons (Fsp3) is 0.158. The highest BCUT2D eigenvalue weighted by atomic mass is 16.5. The van der Waals surface area contributed by atoms with E-state index in [9.17, 15) is 24.9 Å². The van der Waals surface area contributed by atoms with Crippen LogP contribution >= 0.6 is 0 Å². The number of phenolic OH excluding ortho intramolecular Hbond substituents is 2. The molecule has 7 nitrogen and oxygen atoms in total. The molecule has 2 aromatic rings. The zero-order valence-corrected chi connectivity index (χ0v) is 13.8. The molecule has 0 radical (unpaired) electrons. The summed E-state index contributed by atoms with van der Waals surface area (Å²) in [5.74, 6) is -2.51. The van der Waals surface area contributed by atoms with Crippen LogP contribution in [0.15, 0.2) is 55.1 Å². The van der Waals surface area contributed by atoms with Gasteiger partial charge in [-0.1, -0.05) is 36.9 Å². The Balaban J connectivity index is 2.06. The number of carbonyl (C=O) groups excluding carboxylic acids is 2. The summed E-state index contributed by atoms with van der Waals surface area (Å²) < 4.78 is 9.85. The van der Waals surface area contributed by atoms with Crippen LogP contribution < -0.4 is 4.74 Å². The highest BCUT2D eigenvalue weighted by Gasteiger charge is 2.20. The Morgan fingerprint density at radius 1 is 1.04 bits per heavy atom. The lowest BCUT2D eigenvalue weighted by atomic mass is 10.0. The standard InChI is InChI=1S/C19H18O7/c1-2-16(21)26-11-13(20)10-25-15-9-8-14(18(23)19(15)24)17(22)12-6-4-3-5-7-12/h2-9,13,20,23-24H,1,10-11H2. The summed E-state index contributed by atoms with van der Waals surface area (Å²) in [6.07, 6.45) is -0.189. The van der Waals surface area contributed by atoms with Crippen molar-refractivity contribution >= 4 is 11.8 Å². The molecule has 7 heteroatoms. The van der Waals surface area contributed by atoms with Crippen LogP contribution in [0.1, 0.15) is 15.9 Å². The Kier molecular flexibility index (Phi) is 6.35. The predicted molar refractivity (Wildman–Crippen MR) is 92.3 cm³/mol. The molecule has 26 heavy (non-hydrogen) atoms. The van der Waals surface area contributed by atoms with Gasteiger partial charge in [-0.05, 0) is 12.1 Å².